The Kier molecular flexibility index (Phi) is 8.99. The molecule has 15 nitrogen and oxygen atoms in total. The zero-order valence-electron chi connectivity index (χ0n) is 17.6. The minimum absolute atomic E-state index is 0.731. The fourth-order valence-corrected chi connectivity index (χ4v) is 3.97. The van der Waals surface area contributed by atoms with E-state index in [1.165, 1.54) is 6.92 Å². The summed E-state index contributed by atoms with van der Waals surface area (Å²) in [5, 5.41) is 99.9. The van der Waals surface area contributed by atoms with E-state index in [1.54, 1.807) is 0 Å². The van der Waals surface area contributed by atoms with Crippen molar-refractivity contribution >= 4 is 0 Å². The molecule has 0 radical (unpaired) electrons. The van der Waals surface area contributed by atoms with E-state index in [4.69, 9.17) is 23.7 Å². The Morgan fingerprint density at radius 1 is 0.545 bits per heavy atom. The predicted molar refractivity (Wildman–Crippen MR) is 99.8 cm³/mol. The van der Waals surface area contributed by atoms with Crippen LogP contribution in [0.25, 0.3) is 0 Å². The van der Waals surface area contributed by atoms with Crippen molar-refractivity contribution in [3.8, 4) is 0 Å². The minimum atomic E-state index is -1.83. The van der Waals surface area contributed by atoms with Gasteiger partial charge in [0.1, 0.15) is 67.1 Å². The summed E-state index contributed by atoms with van der Waals surface area (Å²) in [4.78, 5) is 0. The largest absolute Gasteiger partial charge is 0.394 e. The Bertz CT molecular complexity index is 622. The standard InChI is InChI=1S/C18H32O15/c1-4-7(21)14(32-17-12(26)10(24)8(22)5(2-19)30-17)15(16(28)29-4)33-18-13(27)11(25)9(23)6(3-20)31-18/h4-28H,2-3H2,1H3/t4-,5-,6-,7+,8-,9-,10+,11+,12-,13-,14+,15-,16-,17+,18+/m1/s1. The zero-order valence-corrected chi connectivity index (χ0v) is 17.6. The highest BCUT2D eigenvalue weighted by Crippen LogP contribution is 2.32. The quantitative estimate of drug-likeness (QED) is 0.167. The third kappa shape index (κ3) is 5.32. The first-order valence-electron chi connectivity index (χ1n) is 10.4. The fourth-order valence-electron chi connectivity index (χ4n) is 3.97. The summed E-state index contributed by atoms with van der Waals surface area (Å²) in [5.41, 5.74) is 0. The van der Waals surface area contributed by atoms with Crippen molar-refractivity contribution in [3.63, 3.8) is 0 Å². The van der Waals surface area contributed by atoms with E-state index in [1.807, 2.05) is 0 Å². The summed E-state index contributed by atoms with van der Waals surface area (Å²) in [6.45, 7) is -0.0778. The first-order valence-corrected chi connectivity index (χ1v) is 10.4. The number of aliphatic hydroxyl groups is 10. The van der Waals surface area contributed by atoms with Gasteiger partial charge in [0.05, 0.1) is 19.3 Å². The summed E-state index contributed by atoms with van der Waals surface area (Å²) in [7, 11) is 0. The summed E-state index contributed by atoms with van der Waals surface area (Å²) >= 11 is 0. The molecule has 33 heavy (non-hydrogen) atoms. The molecule has 3 rings (SSSR count). The van der Waals surface area contributed by atoms with E-state index in [9.17, 15) is 51.1 Å². The molecule has 3 fully saturated rings. The Morgan fingerprint density at radius 2 is 0.970 bits per heavy atom. The van der Waals surface area contributed by atoms with Crippen LogP contribution in [0.2, 0.25) is 0 Å². The van der Waals surface area contributed by atoms with Crippen molar-refractivity contribution in [1.82, 2.24) is 0 Å². The molecule has 0 spiro atoms. The molecule has 15 atom stereocenters. The van der Waals surface area contributed by atoms with E-state index >= 15 is 0 Å². The lowest BCUT2D eigenvalue weighted by Gasteiger charge is -2.48. The normalized spacial score (nSPS) is 53.7. The topological polar surface area (TPSA) is 248 Å². The highest BCUT2D eigenvalue weighted by atomic mass is 16.8. The molecule has 0 aromatic carbocycles. The van der Waals surface area contributed by atoms with Crippen molar-refractivity contribution in [1.29, 1.82) is 0 Å². The van der Waals surface area contributed by atoms with Crippen LogP contribution >= 0.6 is 0 Å². The van der Waals surface area contributed by atoms with Gasteiger partial charge in [-0.3, -0.25) is 0 Å². The molecule has 3 saturated heterocycles. The third-order valence-corrected chi connectivity index (χ3v) is 6.06. The first kappa shape index (κ1) is 27.0. The van der Waals surface area contributed by atoms with Crippen LogP contribution in [0.5, 0.6) is 0 Å². The first-order chi connectivity index (χ1) is 15.5. The van der Waals surface area contributed by atoms with Crippen LogP contribution in [0.4, 0.5) is 0 Å². The summed E-state index contributed by atoms with van der Waals surface area (Å²) in [6.07, 6.45) is -24.1. The molecule has 0 saturated carbocycles. The van der Waals surface area contributed by atoms with E-state index in [2.05, 4.69) is 0 Å². The van der Waals surface area contributed by atoms with E-state index in [0.29, 0.717) is 0 Å². The van der Waals surface area contributed by atoms with Crippen LogP contribution in [0.3, 0.4) is 0 Å². The van der Waals surface area contributed by atoms with E-state index < -0.39 is 105 Å². The highest BCUT2D eigenvalue weighted by molar-refractivity contribution is 4.95. The highest BCUT2D eigenvalue weighted by Gasteiger charge is 2.53. The summed E-state index contributed by atoms with van der Waals surface area (Å²) < 4.78 is 26.8. The van der Waals surface area contributed by atoms with Crippen LogP contribution in [0, 0.1) is 0 Å². The molecule has 0 unspecified atom stereocenters. The number of rotatable bonds is 6. The fraction of sp³-hybridized carbons (Fsp3) is 1.00. The van der Waals surface area contributed by atoms with Gasteiger partial charge in [0.15, 0.2) is 18.9 Å². The average molecular weight is 488 g/mol. The lowest BCUT2D eigenvalue weighted by atomic mass is 9.96. The Morgan fingerprint density at radius 3 is 1.39 bits per heavy atom. The Balaban J connectivity index is 1.80. The third-order valence-electron chi connectivity index (χ3n) is 6.06. The lowest BCUT2D eigenvalue weighted by Crippen LogP contribution is -2.66. The van der Waals surface area contributed by atoms with Crippen LogP contribution in [-0.4, -0.2) is 156 Å². The molecule has 194 valence electrons. The van der Waals surface area contributed by atoms with Gasteiger partial charge >= 0.3 is 0 Å². The maximum absolute atomic E-state index is 10.6. The van der Waals surface area contributed by atoms with Crippen LogP contribution in [0.1, 0.15) is 6.92 Å². The number of hydrogen-bond donors (Lipinski definition) is 10. The van der Waals surface area contributed by atoms with E-state index in [-0.39, 0.29) is 0 Å². The maximum atomic E-state index is 10.6. The Labute approximate surface area is 187 Å². The molecular weight excluding hydrogens is 456 g/mol. The molecule has 0 amide bonds. The molecule has 0 aliphatic carbocycles. The second-order valence-electron chi connectivity index (χ2n) is 8.32. The van der Waals surface area contributed by atoms with Gasteiger partial charge < -0.3 is 74.7 Å². The van der Waals surface area contributed by atoms with Crippen molar-refractivity contribution in [2.75, 3.05) is 13.2 Å². The molecule has 0 aromatic heterocycles. The van der Waals surface area contributed by atoms with Gasteiger partial charge in [0.25, 0.3) is 0 Å². The maximum Gasteiger partial charge on any atom is 0.187 e. The van der Waals surface area contributed by atoms with E-state index in [0.717, 1.165) is 0 Å². The van der Waals surface area contributed by atoms with Gasteiger partial charge in [0, 0.05) is 0 Å². The molecule has 3 heterocycles. The molecule has 15 heteroatoms. The average Bonchev–Trinajstić information content (AvgIpc) is 2.79. The lowest BCUT2D eigenvalue weighted by molar-refractivity contribution is -0.385. The molecular formula is C18H32O15. The minimum Gasteiger partial charge on any atom is -0.394 e. The second-order valence-corrected chi connectivity index (χ2v) is 8.32. The monoisotopic (exact) mass is 488 g/mol. The molecule has 10 N–H and O–H groups in total. The predicted octanol–water partition coefficient (Wildman–Crippen LogP) is -6.55. The number of ether oxygens (including phenoxy) is 5. The number of aliphatic hydroxyl groups excluding tert-OH is 10. The summed E-state index contributed by atoms with van der Waals surface area (Å²) in [5.74, 6) is 0. The zero-order chi connectivity index (χ0) is 24.6. The van der Waals surface area contributed by atoms with Gasteiger partial charge in [-0.1, -0.05) is 0 Å². The van der Waals surface area contributed by atoms with Crippen molar-refractivity contribution < 1.29 is 74.7 Å². The molecule has 0 bridgehead atoms. The molecule has 0 aromatic rings. The van der Waals surface area contributed by atoms with Crippen molar-refractivity contribution in [3.05, 3.63) is 0 Å². The van der Waals surface area contributed by atoms with Gasteiger partial charge in [0.2, 0.25) is 0 Å². The SMILES string of the molecule is C[C@H]1O[C@@H](O)[C@H](O[C@@H]2O[C@H](CO)[C@@H](O)[C@H](O)[C@H]2O)[C@@H](O[C@@H]2O[C@H](CO)[C@@H](O)[C@H](O)[C@H]2O)[C@H]1O. The molecule has 3 aliphatic heterocycles. The van der Waals surface area contributed by atoms with Crippen LogP contribution in [0.15, 0.2) is 0 Å². The van der Waals surface area contributed by atoms with Gasteiger partial charge in [-0.05, 0) is 6.92 Å². The smallest absolute Gasteiger partial charge is 0.187 e. The van der Waals surface area contributed by atoms with Crippen molar-refractivity contribution in [2.45, 2.75) is 99.0 Å². The van der Waals surface area contributed by atoms with Crippen LogP contribution < -0.4 is 0 Å². The molecule has 3 aliphatic rings. The van der Waals surface area contributed by atoms with Gasteiger partial charge in [-0.2, -0.15) is 0 Å². The number of hydrogen-bond acceptors (Lipinski definition) is 15. The van der Waals surface area contributed by atoms with Gasteiger partial charge in [-0.15, -0.1) is 0 Å². The Hall–Kier alpha value is -0.600. The van der Waals surface area contributed by atoms with Gasteiger partial charge in [-0.25, -0.2) is 0 Å². The van der Waals surface area contributed by atoms with Crippen molar-refractivity contribution in [2.24, 2.45) is 0 Å². The van der Waals surface area contributed by atoms with Crippen LogP contribution in [-0.2, 0) is 23.7 Å². The summed E-state index contributed by atoms with van der Waals surface area (Å²) in [6, 6.07) is 0. The second kappa shape index (κ2) is 11.0.